The zero-order valence-corrected chi connectivity index (χ0v) is 15.9. The van der Waals surface area contributed by atoms with Crippen LogP contribution in [-0.2, 0) is 6.54 Å². The maximum atomic E-state index is 14.2. The number of nitrogens with two attached hydrogens (primary N) is 1. The Balaban J connectivity index is 1.76. The molecule has 0 saturated carbocycles. The number of hydrogen-bond donors (Lipinski definition) is 3. The summed E-state index contributed by atoms with van der Waals surface area (Å²) in [6.45, 7) is 0.162. The van der Waals surface area contributed by atoms with Crippen molar-refractivity contribution in [1.82, 2.24) is 9.97 Å². The normalized spacial score (nSPS) is 10.3. The van der Waals surface area contributed by atoms with Gasteiger partial charge in [0.15, 0.2) is 11.4 Å². The van der Waals surface area contributed by atoms with E-state index in [0.717, 1.165) is 0 Å². The second kappa shape index (κ2) is 8.87. The van der Waals surface area contributed by atoms with Crippen LogP contribution in [0.25, 0.3) is 0 Å². The fourth-order valence-electron chi connectivity index (χ4n) is 2.60. The number of halogens is 1. The molecular formula is C20H20FN5O3. The number of carbonyl (C=O) groups is 1. The van der Waals surface area contributed by atoms with Gasteiger partial charge in [-0.15, -0.1) is 0 Å². The van der Waals surface area contributed by atoms with Crippen molar-refractivity contribution in [3.8, 4) is 11.5 Å². The van der Waals surface area contributed by atoms with E-state index >= 15 is 0 Å². The zero-order chi connectivity index (χ0) is 20.8. The van der Waals surface area contributed by atoms with Gasteiger partial charge < -0.3 is 25.8 Å². The van der Waals surface area contributed by atoms with Gasteiger partial charge in [-0.25, -0.2) is 14.4 Å². The van der Waals surface area contributed by atoms with E-state index in [2.05, 4.69) is 20.6 Å². The lowest BCUT2D eigenvalue weighted by molar-refractivity contribution is 0.101. The molecule has 29 heavy (non-hydrogen) atoms. The van der Waals surface area contributed by atoms with E-state index in [9.17, 15) is 9.18 Å². The summed E-state index contributed by atoms with van der Waals surface area (Å²) in [5, 5.41) is 5.72. The highest BCUT2D eigenvalue weighted by Crippen LogP contribution is 2.24. The average molecular weight is 397 g/mol. The van der Waals surface area contributed by atoms with Crippen molar-refractivity contribution in [2.45, 2.75) is 6.54 Å². The lowest BCUT2D eigenvalue weighted by Gasteiger charge is -2.12. The van der Waals surface area contributed by atoms with Crippen molar-refractivity contribution >= 4 is 23.1 Å². The maximum Gasteiger partial charge on any atom is 0.278 e. The zero-order valence-electron chi connectivity index (χ0n) is 15.9. The summed E-state index contributed by atoms with van der Waals surface area (Å²) in [6.07, 6.45) is 2.98. The number of benzene rings is 1. The maximum absolute atomic E-state index is 14.2. The van der Waals surface area contributed by atoms with Crippen LogP contribution in [0.15, 0.2) is 48.8 Å². The summed E-state index contributed by atoms with van der Waals surface area (Å²) < 4.78 is 24.5. The second-order valence-electron chi connectivity index (χ2n) is 5.98. The Morgan fingerprint density at radius 2 is 2.00 bits per heavy atom. The molecule has 2 aromatic heterocycles. The number of methoxy groups -OCH3 is 2. The molecule has 0 aliphatic heterocycles. The standard InChI is InChI=1S/C20H20FN5O3/c1-28-14-9-17(29-2)18(25-11-14)20(27)26-13-5-6-15(21)12(8-13)10-24-16-4-3-7-23-19(16)22/h3-9,11,24H,10H2,1-2H3,(H2,22,23)(H,26,27). The SMILES string of the molecule is COc1cnc(C(=O)Nc2ccc(F)c(CNc3cccnc3N)c2)c(OC)c1. The minimum atomic E-state index is -0.494. The molecule has 9 heteroatoms. The smallest absolute Gasteiger partial charge is 0.278 e. The third-order valence-corrected chi connectivity index (χ3v) is 4.11. The van der Waals surface area contributed by atoms with Crippen molar-refractivity contribution in [2.75, 3.05) is 30.6 Å². The first-order chi connectivity index (χ1) is 14.0. The number of anilines is 3. The Kier molecular flexibility index (Phi) is 6.08. The van der Waals surface area contributed by atoms with Gasteiger partial charge in [0.1, 0.15) is 17.4 Å². The van der Waals surface area contributed by atoms with Gasteiger partial charge in [0.2, 0.25) is 0 Å². The van der Waals surface area contributed by atoms with Crippen LogP contribution in [-0.4, -0.2) is 30.1 Å². The summed E-state index contributed by atoms with van der Waals surface area (Å²) in [5.74, 6) is 0.126. The first kappa shape index (κ1) is 19.9. The predicted molar refractivity (Wildman–Crippen MR) is 108 cm³/mol. The van der Waals surface area contributed by atoms with Crippen LogP contribution < -0.4 is 25.8 Å². The molecule has 3 rings (SSSR count). The number of ether oxygens (including phenoxy) is 2. The quantitative estimate of drug-likeness (QED) is 0.562. The van der Waals surface area contributed by atoms with E-state index in [1.165, 1.54) is 38.6 Å². The van der Waals surface area contributed by atoms with Crippen molar-refractivity contribution in [3.63, 3.8) is 0 Å². The van der Waals surface area contributed by atoms with Crippen LogP contribution >= 0.6 is 0 Å². The van der Waals surface area contributed by atoms with Gasteiger partial charge in [-0.1, -0.05) is 0 Å². The average Bonchev–Trinajstić information content (AvgIpc) is 2.74. The molecule has 1 amide bonds. The number of pyridine rings is 2. The van der Waals surface area contributed by atoms with E-state index in [1.54, 1.807) is 24.4 Å². The first-order valence-electron chi connectivity index (χ1n) is 8.64. The second-order valence-corrected chi connectivity index (χ2v) is 5.98. The Bertz CT molecular complexity index is 1030. The Labute approximate surface area is 166 Å². The Hall–Kier alpha value is -3.88. The molecule has 4 N–H and O–H groups in total. The minimum Gasteiger partial charge on any atom is -0.495 e. The highest BCUT2D eigenvalue weighted by molar-refractivity contribution is 6.04. The molecule has 0 spiro atoms. The van der Waals surface area contributed by atoms with Gasteiger partial charge >= 0.3 is 0 Å². The molecule has 0 aliphatic rings. The molecular weight excluding hydrogens is 377 g/mol. The monoisotopic (exact) mass is 397 g/mol. The van der Waals surface area contributed by atoms with Gasteiger partial charge in [-0.2, -0.15) is 0 Å². The lowest BCUT2D eigenvalue weighted by atomic mass is 10.1. The van der Waals surface area contributed by atoms with Gasteiger partial charge in [0, 0.05) is 30.1 Å². The minimum absolute atomic E-state index is 0.0837. The van der Waals surface area contributed by atoms with Gasteiger partial charge in [0.25, 0.3) is 5.91 Å². The van der Waals surface area contributed by atoms with Crippen LogP contribution in [0.3, 0.4) is 0 Å². The molecule has 1 aromatic carbocycles. The molecule has 0 radical (unpaired) electrons. The summed E-state index contributed by atoms with van der Waals surface area (Å²) in [5.41, 5.74) is 7.21. The van der Waals surface area contributed by atoms with Gasteiger partial charge in [-0.3, -0.25) is 4.79 Å². The summed E-state index contributed by atoms with van der Waals surface area (Å²) in [4.78, 5) is 20.6. The van der Waals surface area contributed by atoms with Crippen molar-refractivity contribution in [1.29, 1.82) is 0 Å². The number of nitrogens with one attached hydrogen (secondary N) is 2. The first-order valence-corrected chi connectivity index (χ1v) is 8.64. The van der Waals surface area contributed by atoms with Crippen LogP contribution in [0, 0.1) is 5.82 Å². The third kappa shape index (κ3) is 4.70. The topological polar surface area (TPSA) is 111 Å². The molecule has 3 aromatic rings. The number of carbonyl (C=O) groups excluding carboxylic acids is 1. The van der Waals surface area contributed by atoms with Crippen LogP contribution in [0.1, 0.15) is 16.1 Å². The van der Waals surface area contributed by atoms with Crippen LogP contribution in [0.5, 0.6) is 11.5 Å². The molecule has 0 unspecified atom stereocenters. The number of nitrogen functional groups attached to an aromatic ring is 1. The number of hydrogen-bond acceptors (Lipinski definition) is 7. The van der Waals surface area contributed by atoms with E-state index in [0.29, 0.717) is 28.5 Å². The molecule has 8 nitrogen and oxygen atoms in total. The summed E-state index contributed by atoms with van der Waals surface area (Å²) in [7, 11) is 2.92. The number of amides is 1. The summed E-state index contributed by atoms with van der Waals surface area (Å²) >= 11 is 0. The van der Waals surface area contributed by atoms with Gasteiger partial charge in [-0.05, 0) is 30.3 Å². The van der Waals surface area contributed by atoms with Crippen molar-refractivity contribution in [2.24, 2.45) is 0 Å². The van der Waals surface area contributed by atoms with Crippen molar-refractivity contribution < 1.29 is 18.7 Å². The summed E-state index contributed by atoms with van der Waals surface area (Å²) in [6, 6.07) is 9.29. The largest absolute Gasteiger partial charge is 0.495 e. The van der Waals surface area contributed by atoms with Crippen LogP contribution in [0.4, 0.5) is 21.6 Å². The van der Waals surface area contributed by atoms with E-state index in [1.807, 2.05) is 0 Å². The number of aromatic nitrogens is 2. The van der Waals surface area contributed by atoms with Crippen molar-refractivity contribution in [3.05, 3.63) is 65.9 Å². The molecule has 0 saturated heterocycles. The lowest BCUT2D eigenvalue weighted by Crippen LogP contribution is -2.15. The number of nitrogens with zero attached hydrogens (tertiary/aromatic N) is 2. The highest BCUT2D eigenvalue weighted by atomic mass is 19.1. The van der Waals surface area contributed by atoms with Gasteiger partial charge in [0.05, 0.1) is 26.1 Å². The Morgan fingerprint density at radius 1 is 1.17 bits per heavy atom. The van der Waals surface area contributed by atoms with Crippen LogP contribution in [0.2, 0.25) is 0 Å². The molecule has 2 heterocycles. The molecule has 0 fully saturated rings. The fraction of sp³-hybridized carbons (Fsp3) is 0.150. The molecule has 150 valence electrons. The predicted octanol–water partition coefficient (Wildman–Crippen LogP) is 3.08. The fourth-order valence-corrected chi connectivity index (χ4v) is 2.60. The van der Waals surface area contributed by atoms with E-state index in [4.69, 9.17) is 15.2 Å². The van der Waals surface area contributed by atoms with E-state index in [-0.39, 0.29) is 18.0 Å². The molecule has 0 atom stereocenters. The Morgan fingerprint density at radius 3 is 2.72 bits per heavy atom. The third-order valence-electron chi connectivity index (χ3n) is 4.11. The van der Waals surface area contributed by atoms with E-state index < -0.39 is 11.7 Å². The highest BCUT2D eigenvalue weighted by Gasteiger charge is 2.16. The molecule has 0 aliphatic carbocycles. The molecule has 0 bridgehead atoms. The number of rotatable bonds is 7.